The van der Waals surface area contributed by atoms with Gasteiger partial charge in [-0.25, -0.2) is 8.42 Å². The first-order valence-corrected chi connectivity index (χ1v) is 11.2. The van der Waals surface area contributed by atoms with Crippen molar-refractivity contribution >= 4 is 43.9 Å². The molecule has 1 amide bonds. The Labute approximate surface area is 179 Å². The molecule has 4 aromatic rings. The maximum atomic E-state index is 13.1. The van der Waals surface area contributed by atoms with E-state index < -0.39 is 9.84 Å². The van der Waals surface area contributed by atoms with E-state index in [9.17, 15) is 13.2 Å². The van der Waals surface area contributed by atoms with Gasteiger partial charge in [-0.1, -0.05) is 41.9 Å². The van der Waals surface area contributed by atoms with Crippen molar-refractivity contribution in [1.82, 2.24) is 9.55 Å². The highest BCUT2D eigenvalue weighted by Gasteiger charge is 2.22. The van der Waals surface area contributed by atoms with Crippen LogP contribution in [0.2, 0.25) is 5.02 Å². The Balaban J connectivity index is 1.65. The molecule has 0 unspecified atom stereocenters. The highest BCUT2D eigenvalue weighted by atomic mass is 35.5. The van der Waals surface area contributed by atoms with Crippen LogP contribution in [-0.2, 0) is 26.9 Å². The number of halogens is 1. The number of sulfone groups is 1. The fourth-order valence-electron chi connectivity index (χ4n) is 3.26. The number of nitrogens with zero attached hydrogens (tertiary/aromatic N) is 2. The summed E-state index contributed by atoms with van der Waals surface area (Å²) < 4.78 is 27.9. The van der Waals surface area contributed by atoms with E-state index in [0.717, 1.165) is 0 Å². The van der Waals surface area contributed by atoms with Crippen LogP contribution < -0.4 is 5.32 Å². The van der Waals surface area contributed by atoms with Crippen LogP contribution in [0, 0.1) is 0 Å². The van der Waals surface area contributed by atoms with Gasteiger partial charge in [-0.05, 0) is 35.9 Å². The molecule has 30 heavy (non-hydrogen) atoms. The minimum atomic E-state index is -3.63. The molecule has 0 saturated heterocycles. The number of carbonyl (C=O) groups excluding carboxylic acids is 1. The number of para-hydroxylation sites is 1. The van der Waals surface area contributed by atoms with Crippen LogP contribution in [0.4, 0.5) is 5.69 Å². The summed E-state index contributed by atoms with van der Waals surface area (Å²) >= 11 is 5.89. The molecule has 0 atom stereocenters. The van der Waals surface area contributed by atoms with Crippen LogP contribution in [0.25, 0.3) is 10.9 Å². The van der Waals surface area contributed by atoms with Crippen molar-refractivity contribution in [2.45, 2.75) is 17.2 Å². The number of amides is 1. The zero-order valence-corrected chi connectivity index (χ0v) is 17.4. The minimum absolute atomic E-state index is 0.0146. The number of rotatable bonds is 6. The highest BCUT2D eigenvalue weighted by Crippen LogP contribution is 2.28. The summed E-state index contributed by atoms with van der Waals surface area (Å²) in [4.78, 5) is 16.6. The van der Waals surface area contributed by atoms with Gasteiger partial charge >= 0.3 is 0 Å². The van der Waals surface area contributed by atoms with Crippen molar-refractivity contribution in [3.8, 4) is 0 Å². The normalized spacial score (nSPS) is 11.5. The molecule has 6 nitrogen and oxygen atoms in total. The SMILES string of the molecule is O=C(Cn1cc(S(=O)(=O)Cc2ccc(Cl)cc2)c2ccccc21)Nc1ccncc1. The third-order valence-corrected chi connectivity index (χ3v) is 6.60. The Morgan fingerprint density at radius 1 is 1.00 bits per heavy atom. The maximum absolute atomic E-state index is 13.1. The molecule has 1 N–H and O–H groups in total. The number of aromatic nitrogens is 2. The summed E-state index contributed by atoms with van der Waals surface area (Å²) in [6, 6.07) is 17.2. The molecule has 8 heteroatoms. The van der Waals surface area contributed by atoms with E-state index in [1.807, 2.05) is 6.07 Å². The van der Waals surface area contributed by atoms with Crippen molar-refractivity contribution in [1.29, 1.82) is 0 Å². The lowest BCUT2D eigenvalue weighted by atomic mass is 10.2. The first-order valence-electron chi connectivity index (χ1n) is 9.17. The molecular weight excluding hydrogens is 422 g/mol. The summed E-state index contributed by atoms with van der Waals surface area (Å²) in [5.74, 6) is -0.412. The van der Waals surface area contributed by atoms with Gasteiger partial charge in [0.15, 0.2) is 9.84 Å². The van der Waals surface area contributed by atoms with Gasteiger partial charge < -0.3 is 9.88 Å². The Morgan fingerprint density at radius 2 is 1.70 bits per heavy atom. The second-order valence-electron chi connectivity index (χ2n) is 6.81. The minimum Gasteiger partial charge on any atom is -0.337 e. The van der Waals surface area contributed by atoms with Crippen LogP contribution in [0.3, 0.4) is 0 Å². The summed E-state index contributed by atoms with van der Waals surface area (Å²) in [5, 5.41) is 3.92. The second-order valence-corrected chi connectivity index (χ2v) is 9.20. The van der Waals surface area contributed by atoms with E-state index in [-0.39, 0.29) is 23.1 Å². The fraction of sp³-hybridized carbons (Fsp3) is 0.0909. The van der Waals surface area contributed by atoms with Crippen LogP contribution in [-0.4, -0.2) is 23.9 Å². The molecule has 0 aliphatic heterocycles. The molecule has 2 aromatic heterocycles. The van der Waals surface area contributed by atoms with Crippen molar-refractivity contribution in [2.24, 2.45) is 0 Å². The topological polar surface area (TPSA) is 81.1 Å². The molecule has 4 rings (SSSR count). The van der Waals surface area contributed by atoms with Gasteiger partial charge in [0.05, 0.1) is 10.6 Å². The molecule has 0 radical (unpaired) electrons. The van der Waals surface area contributed by atoms with E-state index in [2.05, 4.69) is 10.3 Å². The summed E-state index contributed by atoms with van der Waals surface area (Å²) in [6.07, 6.45) is 4.70. The molecule has 2 heterocycles. The van der Waals surface area contributed by atoms with Gasteiger partial charge in [-0.2, -0.15) is 0 Å². The molecule has 0 bridgehead atoms. The summed E-state index contributed by atoms with van der Waals surface area (Å²) in [6.45, 7) is -0.0146. The fourth-order valence-corrected chi connectivity index (χ4v) is 4.97. The lowest BCUT2D eigenvalue weighted by Crippen LogP contribution is -2.18. The van der Waals surface area contributed by atoms with Crippen LogP contribution >= 0.6 is 11.6 Å². The quantitative estimate of drug-likeness (QED) is 0.485. The molecule has 0 aliphatic carbocycles. The number of nitrogens with one attached hydrogen (secondary N) is 1. The zero-order valence-electron chi connectivity index (χ0n) is 15.8. The molecule has 152 valence electrons. The number of hydrogen-bond donors (Lipinski definition) is 1. The Hall–Kier alpha value is -3.16. The van der Waals surface area contributed by atoms with Gasteiger partial charge in [0.1, 0.15) is 6.54 Å². The van der Waals surface area contributed by atoms with Gasteiger partial charge in [0.2, 0.25) is 5.91 Å². The van der Waals surface area contributed by atoms with E-state index in [1.165, 1.54) is 6.20 Å². The predicted octanol–water partition coefficient (Wildman–Crippen LogP) is 4.30. The summed E-state index contributed by atoms with van der Waals surface area (Å²) in [5.41, 5.74) is 1.95. The molecule has 0 fully saturated rings. The van der Waals surface area contributed by atoms with Crippen LogP contribution in [0.15, 0.2) is 84.1 Å². The third-order valence-electron chi connectivity index (χ3n) is 4.64. The Bertz CT molecular complexity index is 1300. The van der Waals surface area contributed by atoms with Crippen molar-refractivity contribution in [3.63, 3.8) is 0 Å². The average molecular weight is 440 g/mol. The van der Waals surface area contributed by atoms with Gasteiger partial charge in [-0.15, -0.1) is 0 Å². The third kappa shape index (κ3) is 4.37. The number of hydrogen-bond acceptors (Lipinski definition) is 4. The molecule has 2 aromatic carbocycles. The van der Waals surface area contributed by atoms with Gasteiger partial charge in [-0.3, -0.25) is 9.78 Å². The average Bonchev–Trinajstić information content (AvgIpc) is 3.10. The predicted molar refractivity (Wildman–Crippen MR) is 117 cm³/mol. The number of carbonyl (C=O) groups is 1. The lowest BCUT2D eigenvalue weighted by Gasteiger charge is -2.07. The number of anilines is 1. The van der Waals surface area contributed by atoms with Crippen molar-refractivity contribution in [2.75, 3.05) is 5.32 Å². The molecule has 0 aliphatic rings. The van der Waals surface area contributed by atoms with Gasteiger partial charge in [0.25, 0.3) is 0 Å². The molecule has 0 saturated carbocycles. The first kappa shape index (κ1) is 20.1. The van der Waals surface area contributed by atoms with E-state index in [0.29, 0.717) is 27.2 Å². The Kier molecular flexibility index (Phi) is 5.57. The maximum Gasteiger partial charge on any atom is 0.244 e. The molecule has 0 spiro atoms. The van der Waals surface area contributed by atoms with E-state index in [1.54, 1.807) is 71.6 Å². The number of fused-ring (bicyclic) bond motifs is 1. The highest BCUT2D eigenvalue weighted by molar-refractivity contribution is 7.90. The number of benzene rings is 2. The first-order chi connectivity index (χ1) is 14.4. The smallest absolute Gasteiger partial charge is 0.244 e. The summed E-state index contributed by atoms with van der Waals surface area (Å²) in [7, 11) is -3.63. The standard InChI is InChI=1S/C22H18ClN3O3S/c23-17-7-5-16(6-8-17)15-30(28,29)21-13-26(20-4-2-1-3-19(20)21)14-22(27)25-18-9-11-24-12-10-18/h1-13H,14-15H2,(H,24,25,27). The number of pyridine rings is 1. The largest absolute Gasteiger partial charge is 0.337 e. The van der Waals surface area contributed by atoms with Crippen LogP contribution in [0.5, 0.6) is 0 Å². The molecular formula is C22H18ClN3O3S. The van der Waals surface area contributed by atoms with E-state index >= 15 is 0 Å². The monoisotopic (exact) mass is 439 g/mol. The lowest BCUT2D eigenvalue weighted by molar-refractivity contribution is -0.116. The Morgan fingerprint density at radius 3 is 2.43 bits per heavy atom. The van der Waals surface area contributed by atoms with Gasteiger partial charge in [0, 0.05) is 40.2 Å². The zero-order chi connectivity index (χ0) is 21.1. The van der Waals surface area contributed by atoms with Crippen molar-refractivity contribution in [3.05, 3.63) is 89.8 Å². The van der Waals surface area contributed by atoms with E-state index in [4.69, 9.17) is 11.6 Å². The second kappa shape index (κ2) is 8.30. The van der Waals surface area contributed by atoms with Crippen molar-refractivity contribution < 1.29 is 13.2 Å². The van der Waals surface area contributed by atoms with Crippen LogP contribution in [0.1, 0.15) is 5.56 Å².